The van der Waals surface area contributed by atoms with Gasteiger partial charge in [0.2, 0.25) is 0 Å². The lowest BCUT2D eigenvalue weighted by Crippen LogP contribution is -2.55. The summed E-state index contributed by atoms with van der Waals surface area (Å²) in [4.78, 5) is 10.4. The minimum atomic E-state index is -1.87. The summed E-state index contributed by atoms with van der Waals surface area (Å²) >= 11 is 0. The number of rotatable bonds is 4. The van der Waals surface area contributed by atoms with Crippen molar-refractivity contribution < 1.29 is 0 Å². The highest BCUT2D eigenvalue weighted by molar-refractivity contribution is 7.03. The van der Waals surface area contributed by atoms with E-state index in [2.05, 4.69) is 177 Å². The Morgan fingerprint density at radius 3 is 2.03 bits per heavy atom. The van der Waals surface area contributed by atoms with Gasteiger partial charge in [-0.25, -0.2) is 4.98 Å². The molecule has 4 saturated carbocycles. The number of aromatic nitrogens is 2. The molecule has 0 radical (unpaired) electrons. The molecule has 5 aliphatic carbocycles. The van der Waals surface area contributed by atoms with E-state index < -0.39 is 8.07 Å². The first-order valence-electron chi connectivity index (χ1n) is 23.3. The molecular formula is C60H48N2Si. The first kappa shape index (κ1) is 36.1. The Balaban J connectivity index is 1.01. The molecule has 1 spiro atoms. The highest BCUT2D eigenvalue weighted by Crippen LogP contribution is 2.71. The summed E-state index contributed by atoms with van der Waals surface area (Å²) in [6, 6.07) is 62.4. The Morgan fingerprint density at radius 1 is 0.492 bits per heavy atom. The van der Waals surface area contributed by atoms with Gasteiger partial charge < -0.3 is 0 Å². The Bertz CT molecular complexity index is 3370. The normalized spacial score (nSPS) is 23.0. The zero-order chi connectivity index (χ0) is 41.6. The van der Waals surface area contributed by atoms with E-state index in [4.69, 9.17) is 9.97 Å². The van der Waals surface area contributed by atoms with Crippen LogP contribution in [0.15, 0.2) is 170 Å². The lowest BCUT2D eigenvalue weighted by Gasteiger charge is -2.61. The van der Waals surface area contributed by atoms with Crippen LogP contribution in [0.5, 0.6) is 0 Å². The van der Waals surface area contributed by atoms with E-state index in [9.17, 15) is 0 Å². The van der Waals surface area contributed by atoms with Gasteiger partial charge in [0.05, 0.1) is 22.9 Å². The van der Waals surface area contributed by atoms with Crippen molar-refractivity contribution in [3.8, 4) is 66.9 Å². The zero-order valence-corrected chi connectivity index (χ0v) is 36.9. The van der Waals surface area contributed by atoms with Gasteiger partial charge in [-0.3, -0.25) is 4.98 Å². The molecule has 2 heterocycles. The van der Waals surface area contributed by atoms with Crippen molar-refractivity contribution in [2.75, 3.05) is 0 Å². The SMILES string of the molecule is C[Si]1(C)c2ccccc2-c2ccc(-c3cccc4c3-c3cccc(-c5cc(-c6cnc7c(ccc8ccccc87)n6)ccc5-c5ccccc5)c3C43C4CC5CC(C4)CC3C5)cc21. The van der Waals surface area contributed by atoms with Gasteiger partial charge in [-0.2, -0.15) is 0 Å². The summed E-state index contributed by atoms with van der Waals surface area (Å²) in [6.07, 6.45) is 8.79. The second kappa shape index (κ2) is 13.1. The molecule has 0 amide bonds. The van der Waals surface area contributed by atoms with Crippen molar-refractivity contribution in [1.29, 1.82) is 0 Å². The molecule has 302 valence electrons. The molecule has 8 aromatic carbocycles. The summed E-state index contributed by atoms with van der Waals surface area (Å²) in [5.74, 6) is 2.99. The maximum atomic E-state index is 5.31. The van der Waals surface area contributed by atoms with Crippen molar-refractivity contribution in [2.24, 2.45) is 23.7 Å². The van der Waals surface area contributed by atoms with Gasteiger partial charge in [0, 0.05) is 16.4 Å². The van der Waals surface area contributed by atoms with Crippen LogP contribution >= 0.6 is 0 Å². The van der Waals surface area contributed by atoms with Crippen LogP contribution in [0.2, 0.25) is 13.1 Å². The molecule has 4 bridgehead atoms. The van der Waals surface area contributed by atoms with Gasteiger partial charge in [0.15, 0.2) is 0 Å². The van der Waals surface area contributed by atoms with Gasteiger partial charge in [-0.1, -0.05) is 165 Å². The molecule has 0 N–H and O–H groups in total. The largest absolute Gasteiger partial charge is 0.252 e. The topological polar surface area (TPSA) is 25.8 Å². The molecule has 1 aliphatic heterocycles. The summed E-state index contributed by atoms with van der Waals surface area (Å²) in [5, 5.41) is 5.47. The molecule has 0 saturated heterocycles. The fourth-order valence-electron chi connectivity index (χ4n) is 14.3. The molecule has 63 heavy (non-hydrogen) atoms. The molecule has 1 aromatic heterocycles. The van der Waals surface area contributed by atoms with E-state index in [0.717, 1.165) is 39.5 Å². The fraction of sp³-hybridized carbons (Fsp3) is 0.200. The van der Waals surface area contributed by atoms with Crippen LogP contribution in [0.4, 0.5) is 0 Å². The Hall–Kier alpha value is -6.42. The summed E-state index contributed by atoms with van der Waals surface area (Å²) in [5.41, 5.74) is 20.8. The third-order valence-corrected chi connectivity index (χ3v) is 20.2. The van der Waals surface area contributed by atoms with Crippen molar-refractivity contribution in [2.45, 2.75) is 50.6 Å². The highest BCUT2D eigenvalue weighted by Gasteiger charge is 2.62. The van der Waals surface area contributed by atoms with Crippen LogP contribution in [-0.2, 0) is 5.41 Å². The second-order valence-electron chi connectivity index (χ2n) is 20.1. The van der Waals surface area contributed by atoms with E-state index in [-0.39, 0.29) is 5.41 Å². The second-order valence-corrected chi connectivity index (χ2v) is 24.4. The minimum Gasteiger partial charge on any atom is -0.252 e. The minimum absolute atomic E-state index is 0.0283. The van der Waals surface area contributed by atoms with Crippen molar-refractivity contribution in [1.82, 2.24) is 9.97 Å². The summed E-state index contributed by atoms with van der Waals surface area (Å²) in [6.45, 7) is 5.10. The molecule has 0 unspecified atom stereocenters. The van der Waals surface area contributed by atoms with Crippen LogP contribution in [0, 0.1) is 23.7 Å². The molecule has 0 atom stereocenters. The number of fused-ring (bicyclic) bond motifs is 9. The van der Waals surface area contributed by atoms with Crippen molar-refractivity contribution in [3.63, 3.8) is 0 Å². The predicted octanol–water partition coefficient (Wildman–Crippen LogP) is 14.0. The van der Waals surface area contributed by atoms with Crippen molar-refractivity contribution in [3.05, 3.63) is 181 Å². The number of hydrogen-bond donors (Lipinski definition) is 0. The molecule has 2 nitrogen and oxygen atoms in total. The van der Waals surface area contributed by atoms with Crippen LogP contribution in [-0.4, -0.2) is 18.0 Å². The average Bonchev–Trinajstić information content (AvgIpc) is 3.76. The van der Waals surface area contributed by atoms with Gasteiger partial charge in [0.1, 0.15) is 8.07 Å². The van der Waals surface area contributed by atoms with E-state index in [1.807, 2.05) is 6.20 Å². The van der Waals surface area contributed by atoms with Crippen LogP contribution in [0.3, 0.4) is 0 Å². The lowest BCUT2D eigenvalue weighted by atomic mass is 9.42. The Morgan fingerprint density at radius 2 is 1.17 bits per heavy atom. The molecular weight excluding hydrogens is 777 g/mol. The average molecular weight is 825 g/mol. The third-order valence-electron chi connectivity index (χ3n) is 16.7. The van der Waals surface area contributed by atoms with E-state index in [1.54, 1.807) is 21.5 Å². The number of hydrogen-bond acceptors (Lipinski definition) is 2. The summed E-state index contributed by atoms with van der Waals surface area (Å²) < 4.78 is 0. The van der Waals surface area contributed by atoms with E-state index >= 15 is 0 Å². The highest BCUT2D eigenvalue weighted by atomic mass is 28.3. The molecule has 4 fully saturated rings. The van der Waals surface area contributed by atoms with Gasteiger partial charge in [-0.05, 0) is 150 Å². The Kier molecular flexibility index (Phi) is 7.48. The van der Waals surface area contributed by atoms with E-state index in [1.165, 1.54) is 93.1 Å². The van der Waals surface area contributed by atoms with Gasteiger partial charge >= 0.3 is 0 Å². The van der Waals surface area contributed by atoms with Crippen LogP contribution < -0.4 is 10.4 Å². The van der Waals surface area contributed by atoms with Crippen LogP contribution in [0.25, 0.3) is 88.7 Å². The first-order chi connectivity index (χ1) is 30.9. The monoisotopic (exact) mass is 824 g/mol. The standard InChI is InChI=1S/C60H48N2Si/c1-63(2)55-21-9-8-16-47(55)48-26-22-40(34-56(48)63)45-17-11-20-52-57(45)50-19-10-18-49(58(50)60(52)42-29-36-28-37(31-42)32-43(60)30-36)51-33-41(23-25-44(51)38-12-4-3-5-13-38)54-35-61-59-46-15-7-6-14-39(46)24-27-53(59)62-54/h3-27,33-37,42-43H,28-32H2,1-2H3. The quantitative estimate of drug-likeness (QED) is 0.130. The smallest absolute Gasteiger partial charge is 0.113 e. The molecule has 6 aliphatic rings. The van der Waals surface area contributed by atoms with Gasteiger partial charge in [0.25, 0.3) is 0 Å². The molecule has 9 aromatic rings. The lowest BCUT2D eigenvalue weighted by molar-refractivity contribution is -0.0397. The van der Waals surface area contributed by atoms with Crippen molar-refractivity contribution >= 4 is 40.3 Å². The van der Waals surface area contributed by atoms with E-state index in [0.29, 0.717) is 11.8 Å². The van der Waals surface area contributed by atoms with Gasteiger partial charge in [-0.15, -0.1) is 0 Å². The summed E-state index contributed by atoms with van der Waals surface area (Å²) in [7, 11) is -1.87. The predicted molar refractivity (Wildman–Crippen MR) is 264 cm³/mol. The third kappa shape index (κ3) is 4.95. The zero-order valence-electron chi connectivity index (χ0n) is 35.9. The molecule has 3 heteroatoms. The maximum Gasteiger partial charge on any atom is 0.113 e. The number of benzene rings is 8. The Labute approximate surface area is 370 Å². The number of nitrogens with zero attached hydrogens (tertiary/aromatic N) is 2. The fourth-order valence-corrected chi connectivity index (χ4v) is 17.4. The first-order valence-corrected chi connectivity index (χ1v) is 26.3. The van der Waals surface area contributed by atoms with Crippen LogP contribution in [0.1, 0.15) is 43.2 Å². The molecule has 15 rings (SSSR count). The maximum absolute atomic E-state index is 5.31.